The van der Waals surface area contributed by atoms with E-state index in [1.54, 1.807) is 11.0 Å². The fraction of sp³-hybridized carbons (Fsp3) is 0.385. The summed E-state index contributed by atoms with van der Waals surface area (Å²) in [4.78, 5) is 27.9. The Hall–Kier alpha value is -3.12. The Balaban J connectivity index is 1.90. The third-order valence-electron chi connectivity index (χ3n) is 6.20. The van der Waals surface area contributed by atoms with Crippen molar-refractivity contribution in [1.29, 1.82) is 0 Å². The number of benzene rings is 2. The number of hydrogen-bond donors (Lipinski definition) is 1. The summed E-state index contributed by atoms with van der Waals surface area (Å²) in [5.74, 6) is -1.03. The van der Waals surface area contributed by atoms with E-state index in [1.807, 2.05) is 51.1 Å². The van der Waals surface area contributed by atoms with Gasteiger partial charge in [0.25, 0.3) is 11.7 Å². The predicted molar refractivity (Wildman–Crippen MR) is 122 cm³/mol. The van der Waals surface area contributed by atoms with Crippen molar-refractivity contribution in [3.8, 4) is 5.75 Å². The molecule has 2 aliphatic heterocycles. The molecule has 32 heavy (non-hydrogen) atoms. The zero-order valence-corrected chi connectivity index (χ0v) is 19.0. The topological polar surface area (TPSA) is 76.1 Å². The summed E-state index contributed by atoms with van der Waals surface area (Å²) in [5, 5.41) is 11.4. The lowest BCUT2D eigenvalue weighted by atomic mass is 9.93. The van der Waals surface area contributed by atoms with Crippen LogP contribution >= 0.6 is 0 Å². The average molecular weight is 436 g/mol. The molecule has 1 N–H and O–H groups in total. The number of carbonyl (C=O) groups is 2. The van der Waals surface area contributed by atoms with Crippen molar-refractivity contribution in [2.75, 3.05) is 20.3 Å². The number of aryl methyl sites for hydroxylation is 3. The smallest absolute Gasteiger partial charge is 0.295 e. The van der Waals surface area contributed by atoms with E-state index < -0.39 is 17.7 Å². The van der Waals surface area contributed by atoms with Gasteiger partial charge in [-0.15, -0.1) is 0 Å². The van der Waals surface area contributed by atoms with Gasteiger partial charge < -0.3 is 19.5 Å². The van der Waals surface area contributed by atoms with Crippen LogP contribution in [-0.4, -0.2) is 48.1 Å². The quantitative estimate of drug-likeness (QED) is 0.432. The molecule has 2 unspecified atom stereocenters. The van der Waals surface area contributed by atoms with E-state index in [0.29, 0.717) is 24.5 Å². The van der Waals surface area contributed by atoms with Crippen molar-refractivity contribution < 1.29 is 24.2 Å². The van der Waals surface area contributed by atoms with Crippen LogP contribution in [0.2, 0.25) is 0 Å². The first-order chi connectivity index (χ1) is 15.3. The molecule has 0 spiro atoms. The second-order valence-corrected chi connectivity index (χ2v) is 8.66. The maximum absolute atomic E-state index is 13.3. The van der Waals surface area contributed by atoms with Gasteiger partial charge >= 0.3 is 0 Å². The molecule has 2 saturated heterocycles. The molecule has 2 heterocycles. The Labute approximate surface area is 188 Å². The highest BCUT2D eigenvalue weighted by atomic mass is 16.5. The van der Waals surface area contributed by atoms with Crippen molar-refractivity contribution in [3.05, 3.63) is 69.8 Å². The zero-order chi connectivity index (χ0) is 23.0. The lowest BCUT2D eigenvalue weighted by Gasteiger charge is -2.28. The van der Waals surface area contributed by atoms with E-state index in [0.717, 1.165) is 35.1 Å². The Bertz CT molecular complexity index is 1100. The Morgan fingerprint density at radius 2 is 1.94 bits per heavy atom. The normalized spacial score (nSPS) is 22.6. The van der Waals surface area contributed by atoms with E-state index in [4.69, 9.17) is 9.47 Å². The summed E-state index contributed by atoms with van der Waals surface area (Å²) >= 11 is 0. The molecule has 6 nitrogen and oxygen atoms in total. The minimum atomic E-state index is -0.690. The summed E-state index contributed by atoms with van der Waals surface area (Å²) in [6, 6.07) is 10.7. The van der Waals surface area contributed by atoms with Crippen LogP contribution in [0.15, 0.2) is 42.0 Å². The van der Waals surface area contributed by atoms with Crippen LogP contribution in [0, 0.1) is 20.8 Å². The SMILES string of the molecule is COc1c(C)cc(C)cc1/C(O)=C1\C(=O)C(=O)N(CC2CCCO2)C1c1cccc(C)c1. The summed E-state index contributed by atoms with van der Waals surface area (Å²) in [5.41, 5.74) is 4.06. The van der Waals surface area contributed by atoms with Crippen LogP contribution in [0.25, 0.3) is 5.76 Å². The molecule has 1 amide bonds. The minimum Gasteiger partial charge on any atom is -0.507 e. The number of ether oxygens (including phenoxy) is 2. The van der Waals surface area contributed by atoms with Gasteiger partial charge in [0.05, 0.1) is 30.4 Å². The fourth-order valence-electron chi connectivity index (χ4n) is 4.81. The maximum Gasteiger partial charge on any atom is 0.295 e. The summed E-state index contributed by atoms with van der Waals surface area (Å²) < 4.78 is 11.3. The lowest BCUT2D eigenvalue weighted by molar-refractivity contribution is -0.140. The van der Waals surface area contributed by atoms with Gasteiger partial charge in [-0.25, -0.2) is 0 Å². The molecule has 2 atom stereocenters. The molecule has 168 valence electrons. The van der Waals surface area contributed by atoms with E-state index >= 15 is 0 Å². The molecule has 0 aliphatic carbocycles. The molecule has 6 heteroatoms. The molecule has 0 saturated carbocycles. The van der Waals surface area contributed by atoms with Gasteiger partial charge in [-0.2, -0.15) is 0 Å². The van der Waals surface area contributed by atoms with Gasteiger partial charge in [-0.3, -0.25) is 9.59 Å². The van der Waals surface area contributed by atoms with Crippen LogP contribution in [0.4, 0.5) is 0 Å². The van der Waals surface area contributed by atoms with Gasteiger partial charge in [0.1, 0.15) is 11.5 Å². The van der Waals surface area contributed by atoms with Crippen LogP contribution in [0.5, 0.6) is 5.75 Å². The first-order valence-corrected chi connectivity index (χ1v) is 10.9. The van der Waals surface area contributed by atoms with Crippen molar-refractivity contribution in [1.82, 2.24) is 4.90 Å². The van der Waals surface area contributed by atoms with Gasteiger partial charge in [0.2, 0.25) is 0 Å². The monoisotopic (exact) mass is 435 g/mol. The fourth-order valence-corrected chi connectivity index (χ4v) is 4.81. The summed E-state index contributed by atoms with van der Waals surface area (Å²) in [6.07, 6.45) is 1.66. The number of amides is 1. The van der Waals surface area contributed by atoms with Gasteiger partial charge in [-0.05, 0) is 56.4 Å². The number of nitrogens with zero attached hydrogens (tertiary/aromatic N) is 1. The molecule has 2 aliphatic rings. The number of rotatable bonds is 5. The molecule has 2 aromatic rings. The number of methoxy groups -OCH3 is 1. The second kappa shape index (κ2) is 8.79. The molecular weight excluding hydrogens is 406 g/mol. The van der Waals surface area contributed by atoms with E-state index in [1.165, 1.54) is 7.11 Å². The van der Waals surface area contributed by atoms with Crippen LogP contribution < -0.4 is 4.74 Å². The number of aliphatic hydroxyl groups excluding tert-OH is 1. The first-order valence-electron chi connectivity index (χ1n) is 10.9. The highest BCUT2D eigenvalue weighted by molar-refractivity contribution is 6.46. The number of hydrogen-bond acceptors (Lipinski definition) is 5. The number of Topliss-reactive ketones (excluding diaryl/α,β-unsaturated/α-hetero) is 1. The first kappa shape index (κ1) is 22.1. The molecule has 0 radical (unpaired) electrons. The number of carbonyl (C=O) groups excluding carboxylic acids is 2. The van der Waals surface area contributed by atoms with Gasteiger partial charge in [0.15, 0.2) is 0 Å². The third-order valence-corrected chi connectivity index (χ3v) is 6.20. The van der Waals surface area contributed by atoms with Gasteiger partial charge in [-0.1, -0.05) is 35.9 Å². The van der Waals surface area contributed by atoms with Crippen LogP contribution in [-0.2, 0) is 14.3 Å². The molecule has 0 bridgehead atoms. The van der Waals surface area contributed by atoms with E-state index in [2.05, 4.69) is 0 Å². The Kier molecular flexibility index (Phi) is 6.07. The Morgan fingerprint density at radius 3 is 2.59 bits per heavy atom. The van der Waals surface area contributed by atoms with Crippen LogP contribution in [0.1, 0.15) is 46.7 Å². The van der Waals surface area contributed by atoms with Gasteiger partial charge in [0, 0.05) is 13.2 Å². The molecule has 0 aromatic heterocycles. The number of likely N-dealkylation sites (tertiary alicyclic amines) is 1. The highest BCUT2D eigenvalue weighted by Crippen LogP contribution is 2.42. The van der Waals surface area contributed by atoms with Crippen molar-refractivity contribution in [2.24, 2.45) is 0 Å². The largest absolute Gasteiger partial charge is 0.507 e. The number of ketones is 1. The van der Waals surface area contributed by atoms with Crippen molar-refractivity contribution >= 4 is 17.4 Å². The van der Waals surface area contributed by atoms with E-state index in [9.17, 15) is 14.7 Å². The molecular formula is C26H29NO5. The Morgan fingerprint density at radius 1 is 1.16 bits per heavy atom. The maximum atomic E-state index is 13.3. The van der Waals surface area contributed by atoms with Crippen molar-refractivity contribution in [3.63, 3.8) is 0 Å². The number of aliphatic hydroxyl groups is 1. The molecule has 2 aromatic carbocycles. The second-order valence-electron chi connectivity index (χ2n) is 8.66. The van der Waals surface area contributed by atoms with Crippen molar-refractivity contribution in [2.45, 2.75) is 45.8 Å². The minimum absolute atomic E-state index is 0.0851. The van der Waals surface area contributed by atoms with Crippen LogP contribution in [0.3, 0.4) is 0 Å². The highest BCUT2D eigenvalue weighted by Gasteiger charge is 2.47. The predicted octanol–water partition coefficient (Wildman–Crippen LogP) is 4.22. The lowest BCUT2D eigenvalue weighted by Crippen LogP contribution is -2.36. The third kappa shape index (κ3) is 3.91. The summed E-state index contributed by atoms with van der Waals surface area (Å²) in [6.45, 7) is 6.73. The summed E-state index contributed by atoms with van der Waals surface area (Å²) in [7, 11) is 1.53. The average Bonchev–Trinajstić information content (AvgIpc) is 3.35. The standard InChI is InChI=1S/C26H29NO5/c1-15-7-5-8-18(12-15)22-21(23(28)20-13-16(2)11-17(3)25(20)31-4)24(29)26(30)27(22)14-19-9-6-10-32-19/h5,7-8,11-13,19,22,28H,6,9-10,14H2,1-4H3/b23-21+. The molecule has 4 rings (SSSR count). The zero-order valence-electron chi connectivity index (χ0n) is 19.0. The molecule has 2 fully saturated rings. The van der Waals surface area contributed by atoms with E-state index in [-0.39, 0.29) is 17.4 Å².